The maximum absolute atomic E-state index is 10.9. The van der Waals surface area contributed by atoms with Crippen LogP contribution in [-0.4, -0.2) is 15.3 Å². The summed E-state index contributed by atoms with van der Waals surface area (Å²) in [6.45, 7) is 0.532. The van der Waals surface area contributed by atoms with Gasteiger partial charge in [-0.25, -0.2) is 9.36 Å². The molecule has 1 aromatic rings. The van der Waals surface area contributed by atoms with Crippen LogP contribution in [0.1, 0.15) is 11.2 Å². The topological polar surface area (TPSA) is 44.0 Å². The summed E-state index contributed by atoms with van der Waals surface area (Å²) in [6.07, 6.45) is 1.97. The molecular weight excluding hydrogens is 132 g/mol. The molecule has 2 heterocycles. The molecule has 0 atom stereocenters. The summed E-state index contributed by atoms with van der Waals surface area (Å²) in [5, 5.41) is 0. The number of hydrogen-bond donors (Lipinski definition) is 0. The van der Waals surface area contributed by atoms with Gasteiger partial charge in [0.05, 0.1) is 6.54 Å². The fraction of sp³-hybridized carbons (Fsp3) is 0.333. The average Bonchev–Trinajstić information content (AvgIpc) is 2.41. The van der Waals surface area contributed by atoms with Crippen molar-refractivity contribution in [2.75, 3.05) is 0 Å². The smallest absolute Gasteiger partial charge is 0.267 e. The molecule has 0 fully saturated rings. The van der Waals surface area contributed by atoms with E-state index in [0.717, 1.165) is 0 Å². The van der Waals surface area contributed by atoms with E-state index in [1.807, 2.05) is 0 Å². The first-order valence-corrected chi connectivity index (χ1v) is 3.11. The number of hydrogen-bond acceptors (Lipinski definition) is 2. The second-order valence-corrected chi connectivity index (χ2v) is 2.27. The van der Waals surface area contributed by atoms with Crippen molar-refractivity contribution in [1.29, 1.82) is 0 Å². The average molecular weight is 138 g/mol. The Morgan fingerprint density at radius 3 is 2.90 bits per heavy atom. The molecule has 0 aromatic carbocycles. The lowest BCUT2D eigenvalue weighted by atomic mass is 10.4. The second kappa shape index (κ2) is 1.59. The standard InChI is InChI=1S/C6H6N2O2/c9-5-1-3-7-6(10)2-4-8(5)7/h1,3H,2,4H2. The molecule has 1 aliphatic rings. The Bertz CT molecular complexity index is 334. The van der Waals surface area contributed by atoms with Crippen LogP contribution in [0.5, 0.6) is 0 Å². The van der Waals surface area contributed by atoms with Crippen LogP contribution < -0.4 is 5.56 Å². The molecule has 0 radical (unpaired) electrons. The summed E-state index contributed by atoms with van der Waals surface area (Å²) in [5.41, 5.74) is -0.0918. The van der Waals surface area contributed by atoms with Crippen molar-refractivity contribution in [1.82, 2.24) is 9.36 Å². The molecule has 2 rings (SSSR count). The Morgan fingerprint density at radius 2 is 2.20 bits per heavy atom. The van der Waals surface area contributed by atoms with Gasteiger partial charge in [-0.3, -0.25) is 9.59 Å². The number of carbonyl (C=O) groups is 1. The summed E-state index contributed by atoms with van der Waals surface area (Å²) in [7, 11) is 0. The first kappa shape index (κ1) is 5.46. The third-order valence-corrected chi connectivity index (χ3v) is 1.67. The summed E-state index contributed by atoms with van der Waals surface area (Å²) in [4.78, 5) is 21.7. The molecule has 0 spiro atoms. The van der Waals surface area contributed by atoms with Gasteiger partial charge < -0.3 is 0 Å². The van der Waals surface area contributed by atoms with E-state index < -0.39 is 0 Å². The Labute approximate surface area is 56.7 Å². The highest BCUT2D eigenvalue weighted by atomic mass is 16.2. The number of aromatic nitrogens is 2. The molecule has 0 amide bonds. The van der Waals surface area contributed by atoms with Crippen LogP contribution in [0, 0.1) is 0 Å². The third-order valence-electron chi connectivity index (χ3n) is 1.67. The van der Waals surface area contributed by atoms with Crippen LogP contribution >= 0.6 is 0 Å². The minimum Gasteiger partial charge on any atom is -0.273 e. The second-order valence-electron chi connectivity index (χ2n) is 2.27. The van der Waals surface area contributed by atoms with Gasteiger partial charge >= 0.3 is 0 Å². The summed E-state index contributed by atoms with van der Waals surface area (Å²) in [6, 6.07) is 1.40. The summed E-state index contributed by atoms with van der Waals surface area (Å²) in [5.74, 6) is 0.00194. The number of rotatable bonds is 0. The molecule has 52 valence electrons. The molecule has 0 saturated heterocycles. The highest BCUT2D eigenvalue weighted by Crippen LogP contribution is 2.01. The van der Waals surface area contributed by atoms with Crippen LogP contribution in [0.15, 0.2) is 17.1 Å². The molecule has 10 heavy (non-hydrogen) atoms. The third kappa shape index (κ3) is 0.504. The first-order chi connectivity index (χ1) is 4.79. The quantitative estimate of drug-likeness (QED) is 0.493. The molecule has 0 saturated carbocycles. The zero-order chi connectivity index (χ0) is 7.14. The fourth-order valence-corrected chi connectivity index (χ4v) is 1.16. The monoisotopic (exact) mass is 138 g/mol. The van der Waals surface area contributed by atoms with Crippen LogP contribution in [0.25, 0.3) is 0 Å². The number of carbonyl (C=O) groups excluding carboxylic acids is 1. The number of nitrogens with zero attached hydrogens (tertiary/aromatic N) is 2. The van der Waals surface area contributed by atoms with Gasteiger partial charge in [0, 0.05) is 18.7 Å². The summed E-state index contributed by atoms with van der Waals surface area (Å²) < 4.78 is 2.80. The van der Waals surface area contributed by atoms with E-state index in [-0.39, 0.29) is 11.5 Å². The molecular formula is C6H6N2O2. The lowest BCUT2D eigenvalue weighted by molar-refractivity contribution is 0.0916. The molecule has 4 heteroatoms. The normalized spacial score (nSPS) is 15.8. The molecule has 1 aromatic heterocycles. The van der Waals surface area contributed by atoms with Gasteiger partial charge in [0.1, 0.15) is 0 Å². The van der Waals surface area contributed by atoms with E-state index in [1.165, 1.54) is 21.6 Å². The molecule has 0 unspecified atom stereocenters. The number of fused-ring (bicyclic) bond motifs is 1. The van der Waals surface area contributed by atoms with Crippen molar-refractivity contribution < 1.29 is 4.79 Å². The van der Waals surface area contributed by atoms with E-state index in [1.54, 1.807) is 0 Å². The van der Waals surface area contributed by atoms with Gasteiger partial charge in [0.15, 0.2) is 0 Å². The highest BCUT2D eigenvalue weighted by Gasteiger charge is 2.17. The fourth-order valence-electron chi connectivity index (χ4n) is 1.16. The van der Waals surface area contributed by atoms with E-state index >= 15 is 0 Å². The van der Waals surface area contributed by atoms with Crippen LogP contribution in [0.4, 0.5) is 0 Å². The van der Waals surface area contributed by atoms with Crippen molar-refractivity contribution >= 4 is 5.91 Å². The molecule has 4 nitrogen and oxygen atoms in total. The zero-order valence-corrected chi connectivity index (χ0v) is 5.28. The van der Waals surface area contributed by atoms with Crippen molar-refractivity contribution in [2.24, 2.45) is 0 Å². The Balaban J connectivity index is 2.74. The van der Waals surface area contributed by atoms with Crippen LogP contribution in [0.3, 0.4) is 0 Å². The van der Waals surface area contributed by atoms with Gasteiger partial charge in [-0.1, -0.05) is 0 Å². The van der Waals surface area contributed by atoms with Gasteiger partial charge in [0.2, 0.25) is 5.91 Å². The van der Waals surface area contributed by atoms with Gasteiger partial charge in [-0.15, -0.1) is 0 Å². The van der Waals surface area contributed by atoms with Crippen molar-refractivity contribution in [3.05, 3.63) is 22.6 Å². The maximum atomic E-state index is 10.9. The Morgan fingerprint density at radius 1 is 1.40 bits per heavy atom. The Hall–Kier alpha value is -1.32. The molecule has 0 N–H and O–H groups in total. The maximum Gasteiger partial charge on any atom is 0.267 e. The predicted octanol–water partition coefficient (Wildman–Crippen LogP) is -0.306. The lowest BCUT2D eigenvalue weighted by Crippen LogP contribution is -2.17. The SMILES string of the molecule is O=C1CCn2c(=O)ccn21. The van der Waals surface area contributed by atoms with Gasteiger partial charge in [-0.2, -0.15) is 0 Å². The van der Waals surface area contributed by atoms with Crippen molar-refractivity contribution in [3.63, 3.8) is 0 Å². The van der Waals surface area contributed by atoms with E-state index in [4.69, 9.17) is 0 Å². The van der Waals surface area contributed by atoms with Crippen LogP contribution in [0.2, 0.25) is 0 Å². The Kier molecular flexibility index (Phi) is 0.869. The van der Waals surface area contributed by atoms with Gasteiger partial charge in [0.25, 0.3) is 5.56 Å². The molecule has 1 aliphatic heterocycles. The van der Waals surface area contributed by atoms with Crippen molar-refractivity contribution in [3.8, 4) is 0 Å². The van der Waals surface area contributed by atoms with Gasteiger partial charge in [-0.05, 0) is 0 Å². The lowest BCUT2D eigenvalue weighted by Gasteiger charge is -1.92. The zero-order valence-electron chi connectivity index (χ0n) is 5.28. The van der Waals surface area contributed by atoms with Crippen molar-refractivity contribution in [2.45, 2.75) is 13.0 Å². The summed E-state index contributed by atoms with van der Waals surface area (Å²) >= 11 is 0. The highest BCUT2D eigenvalue weighted by molar-refractivity contribution is 5.79. The minimum atomic E-state index is -0.0918. The van der Waals surface area contributed by atoms with E-state index in [2.05, 4.69) is 0 Å². The predicted molar refractivity (Wildman–Crippen MR) is 33.9 cm³/mol. The van der Waals surface area contributed by atoms with Crippen LogP contribution in [-0.2, 0) is 6.54 Å². The molecule has 0 aliphatic carbocycles. The minimum absolute atomic E-state index is 0.00194. The first-order valence-electron chi connectivity index (χ1n) is 3.11. The molecule has 0 bridgehead atoms. The van der Waals surface area contributed by atoms with E-state index in [9.17, 15) is 9.59 Å². The van der Waals surface area contributed by atoms with E-state index in [0.29, 0.717) is 13.0 Å². The largest absolute Gasteiger partial charge is 0.273 e.